The maximum atomic E-state index is 10.6. The molecule has 6 nitrogen and oxygen atoms in total. The summed E-state index contributed by atoms with van der Waals surface area (Å²) in [6.45, 7) is 0. The second kappa shape index (κ2) is 4.99. The Kier molecular flexibility index (Phi) is 3.92. The number of nitro groups is 2. The lowest BCUT2D eigenvalue weighted by Gasteiger charge is -1.99. The second-order valence-electron chi connectivity index (χ2n) is 2.42. The lowest BCUT2D eigenvalue weighted by molar-refractivity contribution is -0.396. The number of nitrogens with zero attached hydrogens (tertiary/aromatic N) is 2. The summed E-state index contributed by atoms with van der Waals surface area (Å²) in [7, 11) is 2.55. The van der Waals surface area contributed by atoms with Gasteiger partial charge in [-0.2, -0.15) is 0 Å². The molecule has 15 heavy (non-hydrogen) atoms. The maximum Gasteiger partial charge on any atom is 0.290 e. The molecule has 0 heterocycles. The van der Waals surface area contributed by atoms with Crippen molar-refractivity contribution in [3.05, 3.63) is 38.4 Å². The van der Waals surface area contributed by atoms with Gasteiger partial charge >= 0.3 is 0 Å². The van der Waals surface area contributed by atoms with E-state index >= 15 is 0 Å². The molecule has 0 saturated heterocycles. The van der Waals surface area contributed by atoms with Gasteiger partial charge in [-0.05, 0) is 12.3 Å². The molecule has 0 saturated carbocycles. The van der Waals surface area contributed by atoms with Crippen molar-refractivity contribution in [3.8, 4) is 0 Å². The Hall–Kier alpha value is -1.28. The zero-order valence-corrected chi connectivity index (χ0v) is 9.21. The van der Waals surface area contributed by atoms with Gasteiger partial charge in [0.15, 0.2) is 0 Å². The predicted molar refractivity (Wildman–Crippen MR) is 59.1 cm³/mol. The molecule has 0 N–H and O–H groups in total. The van der Waals surface area contributed by atoms with Gasteiger partial charge in [0.2, 0.25) is 0 Å². The summed E-state index contributed by atoms with van der Waals surface area (Å²) in [5.41, 5.74) is -0.504. The topological polar surface area (TPSA) is 86.3 Å². The summed E-state index contributed by atoms with van der Waals surface area (Å²) in [4.78, 5) is 20.2. The van der Waals surface area contributed by atoms with E-state index in [1.54, 1.807) is 6.26 Å². The molecule has 0 fully saturated rings. The first kappa shape index (κ1) is 11.8. The molecule has 0 atom stereocenters. The van der Waals surface area contributed by atoms with E-state index in [2.05, 4.69) is 0 Å². The number of non-ortho nitro benzene ring substituents is 1. The molecular formula is C7H6N2O4S2. The number of hydrogen-bond donors (Lipinski definition) is 0. The molecule has 0 aliphatic heterocycles. The van der Waals surface area contributed by atoms with Crippen LogP contribution < -0.4 is 0 Å². The van der Waals surface area contributed by atoms with E-state index in [1.165, 1.54) is 33.7 Å². The molecule has 0 bridgehead atoms. The highest BCUT2D eigenvalue weighted by Gasteiger charge is 2.19. The van der Waals surface area contributed by atoms with Gasteiger partial charge in [-0.25, -0.2) is 0 Å². The smallest absolute Gasteiger partial charge is 0.258 e. The third-order valence-corrected chi connectivity index (χ3v) is 3.25. The first-order valence-corrected chi connectivity index (χ1v) is 6.25. The summed E-state index contributed by atoms with van der Waals surface area (Å²) >= 11 is 0. The average molecular weight is 246 g/mol. The summed E-state index contributed by atoms with van der Waals surface area (Å²) in [5, 5.41) is 21.0. The van der Waals surface area contributed by atoms with E-state index < -0.39 is 9.85 Å². The van der Waals surface area contributed by atoms with Crippen molar-refractivity contribution in [2.75, 3.05) is 6.26 Å². The highest BCUT2D eigenvalue weighted by atomic mass is 33.1. The Labute approximate surface area is 92.7 Å². The Morgan fingerprint density at radius 3 is 2.33 bits per heavy atom. The van der Waals surface area contributed by atoms with Crippen LogP contribution in [-0.2, 0) is 0 Å². The maximum absolute atomic E-state index is 10.6. The Morgan fingerprint density at radius 2 is 1.87 bits per heavy atom. The van der Waals surface area contributed by atoms with Crippen LogP contribution in [-0.4, -0.2) is 16.1 Å². The fourth-order valence-corrected chi connectivity index (χ4v) is 2.41. The van der Waals surface area contributed by atoms with Crippen molar-refractivity contribution in [3.63, 3.8) is 0 Å². The van der Waals surface area contributed by atoms with E-state index in [9.17, 15) is 20.2 Å². The van der Waals surface area contributed by atoms with Crippen LogP contribution in [0.25, 0.3) is 0 Å². The van der Waals surface area contributed by atoms with Crippen LogP contribution in [0.4, 0.5) is 11.4 Å². The zero-order chi connectivity index (χ0) is 11.4. The molecule has 0 amide bonds. The third kappa shape index (κ3) is 2.83. The summed E-state index contributed by atoms with van der Waals surface area (Å²) in [6.07, 6.45) is 1.77. The fourth-order valence-electron chi connectivity index (χ4n) is 0.922. The lowest BCUT2D eigenvalue weighted by atomic mass is 10.3. The number of rotatable bonds is 4. The molecular weight excluding hydrogens is 240 g/mol. The van der Waals surface area contributed by atoms with E-state index in [4.69, 9.17) is 0 Å². The van der Waals surface area contributed by atoms with Crippen molar-refractivity contribution >= 4 is 33.0 Å². The molecule has 0 unspecified atom stereocenters. The van der Waals surface area contributed by atoms with Gasteiger partial charge in [0.1, 0.15) is 0 Å². The molecule has 0 aliphatic carbocycles. The molecule has 0 radical (unpaired) electrons. The van der Waals surface area contributed by atoms with Gasteiger partial charge in [-0.15, -0.1) is 0 Å². The van der Waals surface area contributed by atoms with Gasteiger partial charge in [0, 0.05) is 6.07 Å². The SMILES string of the molecule is CSSc1ccc([N+](=O)[O-])cc1[N+](=O)[O-]. The molecule has 80 valence electrons. The van der Waals surface area contributed by atoms with Crippen LogP contribution in [0.2, 0.25) is 0 Å². The molecule has 0 spiro atoms. The molecule has 1 aromatic rings. The van der Waals surface area contributed by atoms with Crippen LogP contribution in [0.3, 0.4) is 0 Å². The van der Waals surface area contributed by atoms with Crippen LogP contribution >= 0.6 is 21.6 Å². The minimum atomic E-state index is -0.652. The average Bonchev–Trinajstić information content (AvgIpc) is 2.18. The van der Waals surface area contributed by atoms with Gasteiger partial charge in [-0.3, -0.25) is 20.2 Å². The van der Waals surface area contributed by atoms with E-state index in [0.29, 0.717) is 4.90 Å². The summed E-state index contributed by atoms with van der Waals surface area (Å²) in [6, 6.07) is 3.61. The summed E-state index contributed by atoms with van der Waals surface area (Å²) in [5.74, 6) is 0. The van der Waals surface area contributed by atoms with Gasteiger partial charge in [-0.1, -0.05) is 21.6 Å². The van der Waals surface area contributed by atoms with Gasteiger partial charge in [0.25, 0.3) is 11.4 Å². The van der Waals surface area contributed by atoms with Crippen molar-refractivity contribution in [1.29, 1.82) is 0 Å². The van der Waals surface area contributed by atoms with Crippen molar-refractivity contribution in [2.24, 2.45) is 0 Å². The number of hydrogen-bond acceptors (Lipinski definition) is 6. The van der Waals surface area contributed by atoms with E-state index in [-0.39, 0.29) is 11.4 Å². The summed E-state index contributed by atoms with van der Waals surface area (Å²) < 4.78 is 0. The van der Waals surface area contributed by atoms with Crippen LogP contribution in [0, 0.1) is 20.2 Å². The first-order valence-electron chi connectivity index (χ1n) is 3.69. The molecule has 1 aromatic carbocycles. The minimum Gasteiger partial charge on any atom is -0.258 e. The van der Waals surface area contributed by atoms with Crippen molar-refractivity contribution in [1.82, 2.24) is 0 Å². The van der Waals surface area contributed by atoms with Gasteiger partial charge < -0.3 is 0 Å². The number of benzene rings is 1. The molecule has 8 heteroatoms. The molecule has 1 rings (SSSR count). The van der Waals surface area contributed by atoms with Crippen molar-refractivity contribution < 1.29 is 9.85 Å². The standard InChI is InChI=1S/C7H6N2O4S2/c1-14-15-7-3-2-5(8(10)11)4-6(7)9(12)13/h2-4H,1H3. The minimum absolute atomic E-state index is 0.233. The quantitative estimate of drug-likeness (QED) is 0.461. The fraction of sp³-hybridized carbons (Fsp3) is 0.143. The van der Waals surface area contributed by atoms with Crippen molar-refractivity contribution in [2.45, 2.75) is 4.90 Å². The monoisotopic (exact) mass is 246 g/mol. The largest absolute Gasteiger partial charge is 0.290 e. The normalized spacial score (nSPS) is 9.93. The number of nitro benzene ring substituents is 2. The Morgan fingerprint density at radius 1 is 1.20 bits per heavy atom. The Bertz CT molecular complexity index is 410. The van der Waals surface area contributed by atoms with E-state index in [1.807, 2.05) is 0 Å². The molecule has 0 aromatic heterocycles. The van der Waals surface area contributed by atoms with E-state index in [0.717, 1.165) is 6.07 Å². The third-order valence-electron chi connectivity index (χ3n) is 1.52. The predicted octanol–water partition coefficient (Wildman–Crippen LogP) is 2.87. The van der Waals surface area contributed by atoms with Gasteiger partial charge in [0.05, 0.1) is 20.8 Å². The highest BCUT2D eigenvalue weighted by Crippen LogP contribution is 2.37. The first-order chi connectivity index (χ1) is 7.06. The lowest BCUT2D eigenvalue weighted by Crippen LogP contribution is -1.93. The molecule has 0 aliphatic rings. The zero-order valence-electron chi connectivity index (χ0n) is 7.58. The highest BCUT2D eigenvalue weighted by molar-refractivity contribution is 8.76. The van der Waals surface area contributed by atoms with Crippen LogP contribution in [0.5, 0.6) is 0 Å². The Balaban J connectivity index is 3.20. The van der Waals surface area contributed by atoms with Crippen LogP contribution in [0.15, 0.2) is 23.1 Å². The van der Waals surface area contributed by atoms with Crippen LogP contribution in [0.1, 0.15) is 0 Å². The second-order valence-corrected chi connectivity index (χ2v) is 4.86.